The Kier molecular flexibility index (Phi) is 5.73. The van der Waals surface area contributed by atoms with Crippen LogP contribution in [-0.2, 0) is 5.41 Å². The second-order valence-corrected chi connectivity index (χ2v) is 14.2. The molecule has 0 amide bonds. The van der Waals surface area contributed by atoms with Gasteiger partial charge in [-0.3, -0.25) is 0 Å². The van der Waals surface area contributed by atoms with Crippen molar-refractivity contribution in [2.75, 3.05) is 4.90 Å². The van der Waals surface area contributed by atoms with Crippen molar-refractivity contribution in [3.05, 3.63) is 187 Å². The van der Waals surface area contributed by atoms with Crippen LogP contribution in [0.3, 0.4) is 0 Å². The molecule has 0 fully saturated rings. The summed E-state index contributed by atoms with van der Waals surface area (Å²) in [6.45, 7) is -5.73. The second-order valence-electron chi connectivity index (χ2n) is 13.2. The van der Waals surface area contributed by atoms with Gasteiger partial charge in [-0.2, -0.15) is 0 Å². The summed E-state index contributed by atoms with van der Waals surface area (Å²) in [6.07, 6.45) is 0. The van der Waals surface area contributed by atoms with Crippen molar-refractivity contribution in [3.8, 4) is 43.1 Å². The number of fused-ring (bicyclic) bond motifs is 6. The third-order valence-electron chi connectivity index (χ3n) is 10.2. The molecule has 0 radical (unpaired) electrons. The maximum Gasteiger partial charge on any atom is 0.143 e. The Labute approximate surface area is 316 Å². The van der Waals surface area contributed by atoms with Gasteiger partial charge in [0, 0.05) is 62.4 Å². The van der Waals surface area contributed by atoms with E-state index in [-0.39, 0.29) is 0 Å². The highest BCUT2D eigenvalue weighted by Gasteiger charge is 2.41. The van der Waals surface area contributed by atoms with Gasteiger partial charge in [-0.15, -0.1) is 11.3 Å². The molecule has 10 rings (SSSR count). The van der Waals surface area contributed by atoms with Crippen LogP contribution in [0.15, 0.2) is 180 Å². The van der Waals surface area contributed by atoms with Crippen molar-refractivity contribution in [1.29, 1.82) is 0 Å². The molecule has 0 spiro atoms. The number of benzene rings is 7. The Bertz CT molecular complexity index is 2950. The fraction of sp³-hybridized carbons (Fsp3) is 0.0612. The highest BCUT2D eigenvalue weighted by molar-refractivity contribution is 7.19. The van der Waals surface area contributed by atoms with E-state index in [1.807, 2.05) is 78.9 Å². The smallest absolute Gasteiger partial charge is 0.143 e. The molecule has 0 saturated carbocycles. The minimum atomic E-state index is -2.87. The summed E-state index contributed by atoms with van der Waals surface area (Å²) in [5.41, 5.74) is 8.12. The number of rotatable bonds is 6. The molecule has 1 aliphatic carbocycles. The zero-order valence-electron chi connectivity index (χ0n) is 34.0. The Morgan fingerprint density at radius 1 is 0.500 bits per heavy atom. The van der Waals surface area contributed by atoms with E-state index in [2.05, 4.69) is 89.8 Å². The van der Waals surface area contributed by atoms with Gasteiger partial charge < -0.3 is 9.32 Å². The third-order valence-corrected chi connectivity index (χ3v) is 11.5. The van der Waals surface area contributed by atoms with E-state index in [4.69, 9.17) is 12.6 Å². The average molecular weight is 692 g/mol. The first kappa shape index (κ1) is 24.9. The Morgan fingerprint density at radius 3 is 1.83 bits per heavy atom. The number of anilines is 3. The van der Waals surface area contributed by atoms with Crippen LogP contribution in [0.5, 0.6) is 0 Å². The number of furan rings is 1. The number of nitrogens with zero attached hydrogens (tertiary/aromatic N) is 1. The number of hydrogen-bond acceptors (Lipinski definition) is 3. The van der Waals surface area contributed by atoms with Gasteiger partial charge in [-0.05, 0) is 75.8 Å². The van der Waals surface area contributed by atoms with Gasteiger partial charge in [0.25, 0.3) is 0 Å². The molecule has 0 unspecified atom stereocenters. The third kappa shape index (κ3) is 4.77. The van der Waals surface area contributed by atoms with Crippen molar-refractivity contribution in [1.82, 2.24) is 0 Å². The number of para-hydroxylation sites is 3. The van der Waals surface area contributed by atoms with Crippen LogP contribution < -0.4 is 4.90 Å². The monoisotopic (exact) mass is 691 g/mol. The van der Waals surface area contributed by atoms with Gasteiger partial charge in [0.2, 0.25) is 0 Å². The standard InChI is InChI=1S/C49H35NOS/c1-49(2)42-22-11-9-19-41(42)44-45(49)48(33-14-5-3-6-15-33)52-47(44)34-26-30-37(31-27-34)50(35-16-7-4-8-17-35)36-28-24-32(25-29-36)38-20-13-21-40-39-18-10-12-23-43(39)51-46(38)40/h3-31H,1-2H3/i1D3,2D3. The minimum absolute atomic E-state index is 0.318. The molecular formula is C49H35NOS. The Balaban J connectivity index is 1.10. The van der Waals surface area contributed by atoms with Gasteiger partial charge in [0.05, 0.1) is 0 Å². The van der Waals surface area contributed by atoms with Gasteiger partial charge in [-0.25, -0.2) is 0 Å². The van der Waals surface area contributed by atoms with Gasteiger partial charge in [-0.1, -0.05) is 147 Å². The molecule has 0 saturated heterocycles. The Morgan fingerprint density at radius 2 is 1.08 bits per heavy atom. The largest absolute Gasteiger partial charge is 0.455 e. The minimum Gasteiger partial charge on any atom is -0.455 e. The molecule has 7 aromatic carbocycles. The summed E-state index contributed by atoms with van der Waals surface area (Å²) in [4.78, 5) is 3.69. The van der Waals surface area contributed by atoms with Crippen molar-refractivity contribution in [3.63, 3.8) is 0 Å². The van der Waals surface area contributed by atoms with E-state index >= 15 is 0 Å². The molecule has 0 bridgehead atoms. The molecule has 52 heavy (non-hydrogen) atoms. The van der Waals surface area contributed by atoms with Gasteiger partial charge >= 0.3 is 0 Å². The van der Waals surface area contributed by atoms with Crippen molar-refractivity contribution in [2.45, 2.75) is 19.1 Å². The summed E-state index contributed by atoms with van der Waals surface area (Å²) in [5.74, 6) is 0. The Hall–Kier alpha value is -6.16. The van der Waals surface area contributed by atoms with Gasteiger partial charge in [0.15, 0.2) is 0 Å². The fourth-order valence-corrected chi connectivity index (χ4v) is 9.14. The van der Waals surface area contributed by atoms with Crippen LogP contribution in [0.4, 0.5) is 17.1 Å². The summed E-state index contributed by atoms with van der Waals surface area (Å²) in [7, 11) is 0. The van der Waals surface area contributed by atoms with Crippen LogP contribution in [0.1, 0.15) is 33.1 Å². The highest BCUT2D eigenvalue weighted by atomic mass is 32.1. The molecule has 2 nitrogen and oxygen atoms in total. The maximum atomic E-state index is 8.89. The first-order valence-electron chi connectivity index (χ1n) is 20.4. The van der Waals surface area contributed by atoms with Crippen LogP contribution in [0, 0.1) is 0 Å². The molecule has 0 atom stereocenters. The molecule has 0 aliphatic heterocycles. The van der Waals surface area contributed by atoms with Crippen molar-refractivity contribution < 1.29 is 12.6 Å². The molecular weight excluding hydrogens is 651 g/mol. The zero-order chi connectivity index (χ0) is 39.8. The quantitative estimate of drug-likeness (QED) is 0.173. The predicted molar refractivity (Wildman–Crippen MR) is 220 cm³/mol. The molecule has 0 N–H and O–H groups in total. The van der Waals surface area contributed by atoms with E-state index in [1.165, 1.54) is 11.3 Å². The molecule has 9 aromatic rings. The van der Waals surface area contributed by atoms with Gasteiger partial charge in [0.1, 0.15) is 11.2 Å². The van der Waals surface area contributed by atoms with E-state index in [0.29, 0.717) is 27.1 Å². The topological polar surface area (TPSA) is 16.4 Å². The lowest BCUT2D eigenvalue weighted by molar-refractivity contribution is 0.664. The molecule has 1 aliphatic rings. The average Bonchev–Trinajstić information content (AvgIpc) is 3.91. The zero-order valence-corrected chi connectivity index (χ0v) is 28.8. The summed E-state index contributed by atoms with van der Waals surface area (Å²) in [6, 6.07) is 58.0. The first-order chi connectivity index (χ1) is 28.1. The fourth-order valence-electron chi connectivity index (χ4n) is 7.76. The number of hydrogen-bond donors (Lipinski definition) is 0. The summed E-state index contributed by atoms with van der Waals surface area (Å²) >= 11 is 1.45. The highest BCUT2D eigenvalue weighted by Crippen LogP contribution is 2.59. The van der Waals surface area contributed by atoms with Crippen LogP contribution in [0.2, 0.25) is 0 Å². The lowest BCUT2D eigenvalue weighted by Crippen LogP contribution is -2.15. The van der Waals surface area contributed by atoms with E-state index in [9.17, 15) is 0 Å². The second kappa shape index (κ2) is 12.0. The normalized spacial score (nSPS) is 15.2. The van der Waals surface area contributed by atoms with E-state index in [1.54, 1.807) is 12.1 Å². The SMILES string of the molecule is [2H]C([2H])([2H])C1(C([2H])([2H])[2H])c2ccccc2-c2c(-c3ccc(N(c4ccccc4)c4ccc(-c5cccc6c5oc5ccccc56)cc4)cc3)sc(-c3ccccc3)c21. The molecule has 2 aromatic heterocycles. The molecule has 248 valence electrons. The molecule has 2 heterocycles. The van der Waals surface area contributed by atoms with Crippen molar-refractivity contribution in [2.24, 2.45) is 0 Å². The van der Waals surface area contributed by atoms with Crippen LogP contribution >= 0.6 is 11.3 Å². The van der Waals surface area contributed by atoms with Crippen molar-refractivity contribution >= 4 is 50.3 Å². The predicted octanol–water partition coefficient (Wildman–Crippen LogP) is 14.4. The van der Waals surface area contributed by atoms with E-state index in [0.717, 1.165) is 66.1 Å². The lowest BCUT2D eigenvalue weighted by Gasteiger charge is -2.26. The molecule has 3 heteroatoms. The first-order valence-corrected chi connectivity index (χ1v) is 18.2. The van der Waals surface area contributed by atoms with Crippen LogP contribution in [-0.4, -0.2) is 0 Å². The van der Waals surface area contributed by atoms with E-state index < -0.39 is 19.1 Å². The van der Waals surface area contributed by atoms with Crippen LogP contribution in [0.25, 0.3) is 65.1 Å². The summed E-state index contributed by atoms with van der Waals surface area (Å²) < 4.78 is 59.7. The summed E-state index contributed by atoms with van der Waals surface area (Å²) in [5, 5.41) is 2.18. The number of thiophene rings is 1. The lowest BCUT2D eigenvalue weighted by atomic mass is 9.81. The maximum absolute atomic E-state index is 8.89.